The zero-order valence-corrected chi connectivity index (χ0v) is 20.8. The van der Waals surface area contributed by atoms with Crippen molar-refractivity contribution in [2.24, 2.45) is 0 Å². The maximum atomic E-state index is 11.8. The van der Waals surface area contributed by atoms with Gasteiger partial charge in [0.15, 0.2) is 0 Å². The van der Waals surface area contributed by atoms with Crippen molar-refractivity contribution in [1.82, 2.24) is 19.6 Å². The van der Waals surface area contributed by atoms with Crippen LogP contribution in [0, 0.1) is 0 Å². The van der Waals surface area contributed by atoms with Crippen LogP contribution in [-0.4, -0.2) is 143 Å². The van der Waals surface area contributed by atoms with Gasteiger partial charge in [-0.1, -0.05) is 0 Å². The van der Waals surface area contributed by atoms with Gasteiger partial charge in [-0.3, -0.25) is 38.8 Å². The molecule has 1 aliphatic heterocycles. The van der Waals surface area contributed by atoms with E-state index in [0.717, 1.165) is 0 Å². The van der Waals surface area contributed by atoms with Crippen LogP contribution in [0.2, 0.25) is 0 Å². The van der Waals surface area contributed by atoms with Crippen molar-refractivity contribution < 1.29 is 44.3 Å². The molecule has 1 aromatic rings. The van der Waals surface area contributed by atoms with Gasteiger partial charge in [0.05, 0.1) is 39.3 Å². The normalized spacial score (nSPS) is 19.4. The fraction of sp³-hybridized carbons (Fsp3) is 0.565. The number of carboxylic acid groups (broad SMARTS) is 4. The van der Waals surface area contributed by atoms with Gasteiger partial charge in [0.2, 0.25) is 0 Å². The number of anilines is 1. The van der Waals surface area contributed by atoms with Crippen molar-refractivity contribution in [2.45, 2.75) is 6.04 Å². The Balaban J connectivity index is 2.54. The highest BCUT2D eigenvalue weighted by molar-refractivity contribution is 5.70. The fourth-order valence-corrected chi connectivity index (χ4v) is 4.37. The predicted molar refractivity (Wildman–Crippen MR) is 132 cm³/mol. The minimum Gasteiger partial charge on any atom is -0.496 e. The smallest absolute Gasteiger partial charge is 0.317 e. The van der Waals surface area contributed by atoms with Crippen molar-refractivity contribution in [3.8, 4) is 5.75 Å². The summed E-state index contributed by atoms with van der Waals surface area (Å²) in [5.41, 5.74) is 6.99. The molecule has 0 radical (unpaired) electrons. The quantitative estimate of drug-likeness (QED) is 0.230. The number of ether oxygens (including phenoxy) is 1. The minimum absolute atomic E-state index is 0.0826. The number of hydrogen-bond donors (Lipinski definition) is 5. The van der Waals surface area contributed by atoms with E-state index < -0.39 is 36.5 Å². The predicted octanol–water partition coefficient (Wildman–Crippen LogP) is -1.12. The van der Waals surface area contributed by atoms with E-state index in [1.165, 1.54) is 7.11 Å². The van der Waals surface area contributed by atoms with E-state index in [4.69, 9.17) is 10.5 Å². The molecule has 206 valence electrons. The molecular weight excluding hydrogens is 490 g/mol. The van der Waals surface area contributed by atoms with Crippen LogP contribution in [0.3, 0.4) is 0 Å². The molecule has 0 aromatic heterocycles. The Bertz CT molecular complexity index is 961. The molecular formula is C23H35N5O9. The van der Waals surface area contributed by atoms with Crippen LogP contribution in [0.15, 0.2) is 18.2 Å². The minimum atomic E-state index is -1.11. The molecule has 6 N–H and O–H groups in total. The third-order valence-electron chi connectivity index (χ3n) is 6.07. The van der Waals surface area contributed by atoms with Crippen LogP contribution < -0.4 is 10.5 Å². The summed E-state index contributed by atoms with van der Waals surface area (Å²) in [5, 5.41) is 37.9. The molecule has 0 bridgehead atoms. The average Bonchev–Trinajstić information content (AvgIpc) is 2.79. The molecule has 14 heteroatoms. The molecule has 0 saturated carbocycles. The number of carboxylic acids is 4. The van der Waals surface area contributed by atoms with E-state index in [9.17, 15) is 39.6 Å². The first-order chi connectivity index (χ1) is 17.5. The second kappa shape index (κ2) is 14.3. The number of aliphatic carboxylic acids is 4. The van der Waals surface area contributed by atoms with Gasteiger partial charge < -0.3 is 30.9 Å². The lowest BCUT2D eigenvalue weighted by atomic mass is 10.0. The van der Waals surface area contributed by atoms with Crippen molar-refractivity contribution in [1.29, 1.82) is 0 Å². The third-order valence-corrected chi connectivity index (χ3v) is 6.07. The van der Waals surface area contributed by atoms with Gasteiger partial charge in [0.1, 0.15) is 5.75 Å². The molecule has 1 saturated heterocycles. The molecule has 37 heavy (non-hydrogen) atoms. The largest absolute Gasteiger partial charge is 0.496 e. The van der Waals surface area contributed by atoms with Crippen LogP contribution in [0.5, 0.6) is 5.75 Å². The second-order valence-electron chi connectivity index (χ2n) is 8.85. The first kappa shape index (κ1) is 29.8. The number of nitrogens with two attached hydrogens (primary N) is 1. The van der Waals surface area contributed by atoms with Gasteiger partial charge in [0.25, 0.3) is 0 Å². The highest BCUT2D eigenvalue weighted by Gasteiger charge is 2.30. The molecule has 1 aromatic carbocycles. The van der Waals surface area contributed by atoms with Crippen LogP contribution in [0.4, 0.5) is 5.69 Å². The Morgan fingerprint density at radius 2 is 1.24 bits per heavy atom. The number of carbonyl (C=O) groups is 4. The van der Waals surface area contributed by atoms with Crippen molar-refractivity contribution in [3.63, 3.8) is 0 Å². The third kappa shape index (κ3) is 10.2. The van der Waals surface area contributed by atoms with Crippen molar-refractivity contribution in [2.75, 3.05) is 84.8 Å². The molecule has 0 aliphatic carbocycles. The zero-order chi connectivity index (χ0) is 27.5. The summed E-state index contributed by atoms with van der Waals surface area (Å²) in [7, 11) is 1.46. The standard InChI is InChI=1S/C23H35N5O9/c1-37-19-3-2-16(24)10-17(19)18-11-27(14-22(33)34)7-6-25(12-20(29)30)4-5-26(13-21(31)32)8-9-28(18)15-23(35)36/h2-3,10,18H,4-9,11-15,24H2,1H3,(H,29,30)(H,31,32)(H,33,34)(H,35,36). The fourth-order valence-electron chi connectivity index (χ4n) is 4.37. The lowest BCUT2D eigenvalue weighted by Crippen LogP contribution is -2.50. The molecule has 1 atom stereocenters. The number of benzene rings is 1. The number of rotatable bonds is 10. The Morgan fingerprint density at radius 3 is 1.73 bits per heavy atom. The van der Waals surface area contributed by atoms with Crippen LogP contribution in [-0.2, 0) is 19.2 Å². The zero-order valence-electron chi connectivity index (χ0n) is 20.8. The van der Waals surface area contributed by atoms with Gasteiger partial charge in [-0.2, -0.15) is 0 Å². The van der Waals surface area contributed by atoms with Gasteiger partial charge in [-0.05, 0) is 18.2 Å². The Hall–Kier alpha value is -3.46. The van der Waals surface area contributed by atoms with E-state index in [2.05, 4.69) is 0 Å². The molecule has 14 nitrogen and oxygen atoms in total. The highest BCUT2D eigenvalue weighted by atomic mass is 16.5. The number of hydrogen-bond acceptors (Lipinski definition) is 10. The topological polar surface area (TPSA) is 197 Å². The molecule has 2 rings (SSSR count). The maximum absolute atomic E-state index is 11.8. The van der Waals surface area contributed by atoms with Crippen molar-refractivity contribution >= 4 is 29.6 Å². The average molecular weight is 526 g/mol. The molecule has 1 fully saturated rings. The van der Waals surface area contributed by atoms with E-state index in [1.54, 1.807) is 37.8 Å². The summed E-state index contributed by atoms with van der Waals surface area (Å²) in [6, 6.07) is 4.25. The summed E-state index contributed by atoms with van der Waals surface area (Å²) in [4.78, 5) is 52.9. The molecule has 1 unspecified atom stereocenters. The number of nitrogens with zero attached hydrogens (tertiary/aromatic N) is 4. The summed E-state index contributed by atoms with van der Waals surface area (Å²) < 4.78 is 5.50. The van der Waals surface area contributed by atoms with Gasteiger partial charge in [0, 0.05) is 57.1 Å². The first-order valence-corrected chi connectivity index (χ1v) is 11.7. The lowest BCUT2D eigenvalue weighted by molar-refractivity contribution is -0.142. The van der Waals surface area contributed by atoms with E-state index in [0.29, 0.717) is 17.0 Å². The first-order valence-electron chi connectivity index (χ1n) is 11.7. The lowest BCUT2D eigenvalue weighted by Gasteiger charge is -2.38. The molecule has 1 aliphatic rings. The number of methoxy groups -OCH3 is 1. The van der Waals surface area contributed by atoms with E-state index >= 15 is 0 Å². The summed E-state index contributed by atoms with van der Waals surface area (Å²) >= 11 is 0. The maximum Gasteiger partial charge on any atom is 0.317 e. The summed E-state index contributed by atoms with van der Waals surface area (Å²) in [5.74, 6) is -3.89. The van der Waals surface area contributed by atoms with Crippen LogP contribution in [0.25, 0.3) is 0 Å². The van der Waals surface area contributed by atoms with Gasteiger partial charge in [-0.25, -0.2) is 0 Å². The van der Waals surface area contributed by atoms with Crippen molar-refractivity contribution in [3.05, 3.63) is 23.8 Å². The Kier molecular flexibility index (Phi) is 11.5. The molecule has 0 amide bonds. The summed E-state index contributed by atoms with van der Waals surface area (Å²) in [6.07, 6.45) is 0. The molecule has 0 spiro atoms. The van der Waals surface area contributed by atoms with Gasteiger partial charge >= 0.3 is 23.9 Å². The van der Waals surface area contributed by atoms with E-state index in [1.807, 2.05) is 0 Å². The monoisotopic (exact) mass is 525 g/mol. The second-order valence-corrected chi connectivity index (χ2v) is 8.85. The van der Waals surface area contributed by atoms with Gasteiger partial charge in [-0.15, -0.1) is 0 Å². The summed E-state index contributed by atoms with van der Waals surface area (Å²) in [6.45, 7) is -0.0808. The Labute approximate surface area is 214 Å². The SMILES string of the molecule is COc1ccc(N)cc1C1CN(CC(=O)O)CCN(CC(=O)O)CCN(CC(=O)O)CCN1CC(=O)O. The highest BCUT2D eigenvalue weighted by Crippen LogP contribution is 2.32. The Morgan fingerprint density at radius 1 is 0.784 bits per heavy atom. The van der Waals surface area contributed by atoms with E-state index in [-0.39, 0.29) is 65.4 Å². The van der Waals surface area contributed by atoms with Crippen LogP contribution in [0.1, 0.15) is 11.6 Å². The molecule has 1 heterocycles. The number of nitrogen functional groups attached to an aromatic ring is 1. The van der Waals surface area contributed by atoms with Crippen LogP contribution >= 0.6 is 0 Å².